The van der Waals surface area contributed by atoms with E-state index in [9.17, 15) is 19.5 Å². The number of anilines is 2. The fraction of sp³-hybridized carbons (Fsp3) is 0. The number of para-hydroxylation sites is 1. The molecule has 0 spiro atoms. The van der Waals surface area contributed by atoms with Crippen molar-refractivity contribution >= 4 is 51.7 Å². The molecule has 1 heterocycles. The average Bonchev–Trinajstić information content (AvgIpc) is 3.20. The molecule has 0 atom stereocenters. The molecule has 2 amide bonds. The Labute approximate surface area is 181 Å². The maximum Gasteiger partial charge on any atom is 0.335 e. The second-order valence-electron chi connectivity index (χ2n) is 6.75. The van der Waals surface area contributed by atoms with E-state index < -0.39 is 17.8 Å². The van der Waals surface area contributed by atoms with E-state index in [1.807, 2.05) is 24.3 Å². The third-order valence-corrected chi connectivity index (χ3v) is 4.89. The molecule has 4 N–H and O–H groups in total. The van der Waals surface area contributed by atoms with Gasteiger partial charge in [0.05, 0.1) is 16.8 Å². The van der Waals surface area contributed by atoms with Gasteiger partial charge >= 0.3 is 5.97 Å². The molecule has 4 aromatic rings. The summed E-state index contributed by atoms with van der Waals surface area (Å²) in [6.45, 7) is 0. The van der Waals surface area contributed by atoms with Gasteiger partial charge in [0.1, 0.15) is 5.69 Å². The van der Waals surface area contributed by atoms with Crippen LogP contribution in [0, 0.1) is 0 Å². The topological polar surface area (TPSA) is 111 Å². The minimum Gasteiger partial charge on any atom is -0.478 e. The van der Waals surface area contributed by atoms with E-state index in [1.165, 1.54) is 18.2 Å². The van der Waals surface area contributed by atoms with Gasteiger partial charge in [-0.05, 0) is 54.6 Å². The minimum absolute atomic E-state index is 0.0602. The summed E-state index contributed by atoms with van der Waals surface area (Å²) in [6, 6.07) is 19.5. The molecule has 31 heavy (non-hydrogen) atoms. The summed E-state index contributed by atoms with van der Waals surface area (Å²) in [6.07, 6.45) is 0. The number of carbonyl (C=O) groups is 3. The lowest BCUT2D eigenvalue weighted by Crippen LogP contribution is -2.19. The summed E-state index contributed by atoms with van der Waals surface area (Å²) in [4.78, 5) is 40.0. The van der Waals surface area contributed by atoms with Crippen molar-refractivity contribution in [2.45, 2.75) is 0 Å². The van der Waals surface area contributed by atoms with Crippen LogP contribution in [0.25, 0.3) is 10.9 Å². The number of hydrogen-bond acceptors (Lipinski definition) is 3. The zero-order valence-electron chi connectivity index (χ0n) is 16.0. The van der Waals surface area contributed by atoms with E-state index in [1.54, 1.807) is 30.3 Å². The quantitative estimate of drug-likeness (QED) is 0.354. The van der Waals surface area contributed by atoms with Gasteiger partial charge in [0.2, 0.25) is 0 Å². The number of H-pyrrole nitrogens is 1. The Morgan fingerprint density at radius 3 is 2.29 bits per heavy atom. The van der Waals surface area contributed by atoms with Crippen LogP contribution in [0.2, 0.25) is 5.02 Å². The number of carboxylic acid groups (broad SMARTS) is 1. The summed E-state index contributed by atoms with van der Waals surface area (Å²) in [5.74, 6) is -2.18. The number of halogens is 1. The highest BCUT2D eigenvalue weighted by Crippen LogP contribution is 2.23. The van der Waals surface area contributed by atoms with Crippen LogP contribution in [0.5, 0.6) is 0 Å². The number of hydrogen-bond donors (Lipinski definition) is 4. The number of aromatic amines is 1. The second kappa shape index (κ2) is 8.33. The Bertz CT molecular complexity index is 1280. The Kier molecular flexibility index (Phi) is 5.43. The lowest BCUT2D eigenvalue weighted by atomic mass is 10.1. The molecular weight excluding hydrogens is 418 g/mol. The second-order valence-corrected chi connectivity index (χ2v) is 7.19. The van der Waals surface area contributed by atoms with Gasteiger partial charge in [0.15, 0.2) is 0 Å². The highest BCUT2D eigenvalue weighted by Gasteiger charge is 2.18. The number of amides is 2. The van der Waals surface area contributed by atoms with Gasteiger partial charge in [0.25, 0.3) is 11.8 Å². The van der Waals surface area contributed by atoms with Crippen LogP contribution in [-0.4, -0.2) is 27.9 Å². The average molecular weight is 434 g/mol. The largest absolute Gasteiger partial charge is 0.478 e. The zero-order chi connectivity index (χ0) is 22.0. The molecule has 0 unspecified atom stereocenters. The third-order valence-electron chi connectivity index (χ3n) is 4.64. The standard InChI is InChI=1S/C23H16ClN3O4/c24-15-6-8-16(9-7-15)25-21(28)17-10-5-14(23(30)31)12-19(17)27-22(29)20-11-13-3-1-2-4-18(13)26-20/h1-12,26H,(H,25,28)(H,27,29)(H,30,31). The first-order chi connectivity index (χ1) is 14.9. The van der Waals surface area contributed by atoms with Gasteiger partial charge in [-0.15, -0.1) is 0 Å². The summed E-state index contributed by atoms with van der Waals surface area (Å²) in [5, 5.41) is 16.0. The fourth-order valence-corrected chi connectivity index (χ4v) is 3.22. The van der Waals surface area contributed by atoms with Gasteiger partial charge < -0.3 is 20.7 Å². The molecule has 4 rings (SSSR count). The molecule has 154 valence electrons. The number of aromatic nitrogens is 1. The van der Waals surface area contributed by atoms with E-state index in [0.29, 0.717) is 10.7 Å². The number of fused-ring (bicyclic) bond motifs is 1. The number of benzene rings is 3. The van der Waals surface area contributed by atoms with Crippen molar-refractivity contribution in [3.05, 3.63) is 94.6 Å². The van der Waals surface area contributed by atoms with Crippen molar-refractivity contribution in [1.82, 2.24) is 4.98 Å². The van der Waals surface area contributed by atoms with Crippen LogP contribution < -0.4 is 10.6 Å². The molecule has 0 aliphatic carbocycles. The lowest BCUT2D eigenvalue weighted by molar-refractivity contribution is 0.0696. The van der Waals surface area contributed by atoms with E-state index in [0.717, 1.165) is 10.9 Å². The van der Waals surface area contributed by atoms with E-state index >= 15 is 0 Å². The Morgan fingerprint density at radius 2 is 1.58 bits per heavy atom. The number of rotatable bonds is 5. The van der Waals surface area contributed by atoms with E-state index in [-0.39, 0.29) is 22.5 Å². The maximum atomic E-state index is 12.8. The highest BCUT2D eigenvalue weighted by molar-refractivity contribution is 6.30. The molecule has 8 heteroatoms. The molecular formula is C23H16ClN3O4. The molecule has 0 saturated heterocycles. The van der Waals surface area contributed by atoms with Crippen molar-refractivity contribution < 1.29 is 19.5 Å². The van der Waals surface area contributed by atoms with Crippen molar-refractivity contribution in [2.75, 3.05) is 10.6 Å². The molecule has 3 aromatic carbocycles. The van der Waals surface area contributed by atoms with Gasteiger partial charge in [-0.25, -0.2) is 4.79 Å². The van der Waals surface area contributed by atoms with Crippen LogP contribution >= 0.6 is 11.6 Å². The van der Waals surface area contributed by atoms with Crippen molar-refractivity contribution in [3.8, 4) is 0 Å². The summed E-state index contributed by atoms with van der Waals surface area (Å²) in [5.41, 5.74) is 1.71. The molecule has 0 aliphatic rings. The monoisotopic (exact) mass is 433 g/mol. The van der Waals surface area contributed by atoms with Crippen LogP contribution in [0.4, 0.5) is 11.4 Å². The number of nitrogens with one attached hydrogen (secondary N) is 3. The van der Waals surface area contributed by atoms with Gasteiger partial charge in [-0.3, -0.25) is 9.59 Å². The lowest BCUT2D eigenvalue weighted by Gasteiger charge is -2.12. The summed E-state index contributed by atoms with van der Waals surface area (Å²) < 4.78 is 0. The molecule has 7 nitrogen and oxygen atoms in total. The normalized spacial score (nSPS) is 10.6. The molecule has 0 aliphatic heterocycles. The predicted octanol–water partition coefficient (Wildman–Crippen LogP) is 5.02. The first-order valence-electron chi connectivity index (χ1n) is 9.24. The summed E-state index contributed by atoms with van der Waals surface area (Å²) >= 11 is 5.86. The highest BCUT2D eigenvalue weighted by atomic mass is 35.5. The fourth-order valence-electron chi connectivity index (χ4n) is 3.10. The smallest absolute Gasteiger partial charge is 0.335 e. The van der Waals surface area contributed by atoms with Crippen molar-refractivity contribution in [3.63, 3.8) is 0 Å². The first-order valence-corrected chi connectivity index (χ1v) is 9.62. The van der Waals surface area contributed by atoms with Crippen LogP contribution in [0.15, 0.2) is 72.8 Å². The molecule has 0 radical (unpaired) electrons. The number of carbonyl (C=O) groups excluding carboxylic acids is 2. The third kappa shape index (κ3) is 4.41. The Morgan fingerprint density at radius 1 is 0.839 bits per heavy atom. The van der Waals surface area contributed by atoms with Crippen molar-refractivity contribution in [1.29, 1.82) is 0 Å². The minimum atomic E-state index is -1.18. The molecule has 0 fully saturated rings. The van der Waals surface area contributed by atoms with Crippen LogP contribution in [-0.2, 0) is 0 Å². The molecule has 0 saturated carbocycles. The SMILES string of the molecule is O=C(O)c1ccc(C(=O)Nc2ccc(Cl)cc2)c(NC(=O)c2cc3ccccc3[nH]2)c1. The van der Waals surface area contributed by atoms with Gasteiger partial charge in [-0.1, -0.05) is 29.8 Å². The van der Waals surface area contributed by atoms with E-state index in [4.69, 9.17) is 11.6 Å². The maximum absolute atomic E-state index is 12.8. The Hall–Kier alpha value is -4.10. The number of carboxylic acids is 1. The van der Waals surface area contributed by atoms with E-state index in [2.05, 4.69) is 15.6 Å². The zero-order valence-corrected chi connectivity index (χ0v) is 16.7. The van der Waals surface area contributed by atoms with Gasteiger partial charge in [-0.2, -0.15) is 0 Å². The molecule has 1 aromatic heterocycles. The van der Waals surface area contributed by atoms with Crippen LogP contribution in [0.3, 0.4) is 0 Å². The van der Waals surface area contributed by atoms with Crippen molar-refractivity contribution in [2.24, 2.45) is 0 Å². The predicted molar refractivity (Wildman–Crippen MR) is 119 cm³/mol. The number of aromatic carboxylic acids is 1. The van der Waals surface area contributed by atoms with Crippen LogP contribution in [0.1, 0.15) is 31.2 Å². The van der Waals surface area contributed by atoms with Gasteiger partial charge in [0, 0.05) is 21.6 Å². The first kappa shape index (κ1) is 20.2. The molecule has 0 bridgehead atoms. The summed E-state index contributed by atoms with van der Waals surface area (Å²) in [7, 11) is 0. The Balaban J connectivity index is 1.64.